The standard InChI is InChI=1S/C18H26N2O3.ClH/c19-13-7-9-14(10-8-13)20-18(21)16-5-1-2-6-17(16)23-12-15-4-3-11-22-15;/h1-2,5-6,13-15H,3-4,7-12,19H2,(H,20,21);1H. The van der Waals surface area contributed by atoms with Crippen molar-refractivity contribution in [3.05, 3.63) is 29.8 Å². The molecule has 0 aromatic heterocycles. The van der Waals surface area contributed by atoms with Crippen molar-refractivity contribution in [3.8, 4) is 5.75 Å². The molecule has 2 fully saturated rings. The summed E-state index contributed by atoms with van der Waals surface area (Å²) in [7, 11) is 0. The molecule has 1 unspecified atom stereocenters. The number of ether oxygens (including phenoxy) is 2. The summed E-state index contributed by atoms with van der Waals surface area (Å²) in [5.41, 5.74) is 6.52. The fraction of sp³-hybridized carbons (Fsp3) is 0.611. The molecule has 1 aromatic rings. The summed E-state index contributed by atoms with van der Waals surface area (Å²) in [6, 6.07) is 7.92. The smallest absolute Gasteiger partial charge is 0.255 e. The maximum Gasteiger partial charge on any atom is 0.255 e. The van der Waals surface area contributed by atoms with Crippen molar-refractivity contribution in [3.63, 3.8) is 0 Å². The van der Waals surface area contributed by atoms with Gasteiger partial charge in [-0.05, 0) is 50.7 Å². The Labute approximate surface area is 149 Å². The number of halogens is 1. The summed E-state index contributed by atoms with van der Waals surface area (Å²) in [6.45, 7) is 1.31. The highest BCUT2D eigenvalue weighted by molar-refractivity contribution is 5.97. The average Bonchev–Trinajstić information content (AvgIpc) is 3.09. The SMILES string of the molecule is Cl.NC1CCC(NC(=O)c2ccccc2OCC2CCCO2)CC1. The second-order valence-corrected chi connectivity index (χ2v) is 6.53. The van der Waals surface area contributed by atoms with Crippen LogP contribution < -0.4 is 15.8 Å². The first-order valence-electron chi connectivity index (χ1n) is 8.62. The fourth-order valence-electron chi connectivity index (χ4n) is 3.27. The minimum Gasteiger partial charge on any atom is -0.490 e. The number of benzene rings is 1. The largest absolute Gasteiger partial charge is 0.490 e. The Balaban J connectivity index is 0.00000208. The van der Waals surface area contributed by atoms with Gasteiger partial charge in [-0.25, -0.2) is 0 Å². The molecule has 1 saturated heterocycles. The van der Waals surface area contributed by atoms with E-state index >= 15 is 0 Å². The van der Waals surface area contributed by atoms with Gasteiger partial charge in [-0.15, -0.1) is 12.4 Å². The van der Waals surface area contributed by atoms with Gasteiger partial charge in [0.05, 0.1) is 11.7 Å². The molecule has 0 bridgehead atoms. The number of para-hydroxylation sites is 1. The van der Waals surface area contributed by atoms with E-state index in [2.05, 4.69) is 5.32 Å². The third-order valence-corrected chi connectivity index (χ3v) is 4.69. The normalized spacial score (nSPS) is 26.5. The maximum absolute atomic E-state index is 12.6. The molecule has 1 heterocycles. The minimum absolute atomic E-state index is 0. The van der Waals surface area contributed by atoms with E-state index in [0.717, 1.165) is 45.1 Å². The molecule has 0 spiro atoms. The molecular formula is C18H27ClN2O3. The van der Waals surface area contributed by atoms with E-state index in [1.807, 2.05) is 24.3 Å². The number of nitrogens with one attached hydrogen (secondary N) is 1. The molecule has 24 heavy (non-hydrogen) atoms. The van der Waals surface area contributed by atoms with E-state index in [9.17, 15) is 4.79 Å². The number of carbonyl (C=O) groups is 1. The molecule has 134 valence electrons. The summed E-state index contributed by atoms with van der Waals surface area (Å²) >= 11 is 0. The molecule has 0 radical (unpaired) electrons. The first kappa shape index (κ1) is 19.0. The van der Waals surface area contributed by atoms with Crippen LogP contribution in [0, 0.1) is 0 Å². The topological polar surface area (TPSA) is 73.6 Å². The lowest BCUT2D eigenvalue weighted by Crippen LogP contribution is -2.40. The van der Waals surface area contributed by atoms with Crippen molar-refractivity contribution in [1.29, 1.82) is 0 Å². The summed E-state index contributed by atoms with van der Waals surface area (Å²) in [5, 5.41) is 3.12. The number of hydrogen-bond donors (Lipinski definition) is 2. The Kier molecular flexibility index (Phi) is 7.34. The predicted molar refractivity (Wildman–Crippen MR) is 95.9 cm³/mol. The zero-order valence-corrected chi connectivity index (χ0v) is 14.7. The molecule has 1 aliphatic carbocycles. The number of rotatable bonds is 5. The molecule has 6 heteroatoms. The van der Waals surface area contributed by atoms with E-state index in [4.69, 9.17) is 15.2 Å². The summed E-state index contributed by atoms with van der Waals surface area (Å²) in [5.74, 6) is 0.571. The Morgan fingerprint density at radius 3 is 2.67 bits per heavy atom. The van der Waals surface area contributed by atoms with Crippen LogP contribution in [0.1, 0.15) is 48.9 Å². The van der Waals surface area contributed by atoms with Gasteiger partial charge in [0.1, 0.15) is 12.4 Å². The lowest BCUT2D eigenvalue weighted by molar-refractivity contribution is 0.0669. The fourth-order valence-corrected chi connectivity index (χ4v) is 3.27. The van der Waals surface area contributed by atoms with Gasteiger partial charge in [-0.2, -0.15) is 0 Å². The molecule has 3 rings (SSSR count). The van der Waals surface area contributed by atoms with Gasteiger partial charge in [-0.3, -0.25) is 4.79 Å². The summed E-state index contributed by atoms with van der Waals surface area (Å²) in [6.07, 6.45) is 6.10. The monoisotopic (exact) mass is 354 g/mol. The van der Waals surface area contributed by atoms with Gasteiger partial charge in [0.15, 0.2) is 0 Å². The molecule has 5 nitrogen and oxygen atoms in total. The molecule has 1 saturated carbocycles. The highest BCUT2D eigenvalue weighted by Crippen LogP contribution is 2.22. The molecule has 1 atom stereocenters. The second-order valence-electron chi connectivity index (χ2n) is 6.53. The van der Waals surface area contributed by atoms with Crippen molar-refractivity contribution < 1.29 is 14.3 Å². The molecular weight excluding hydrogens is 328 g/mol. The van der Waals surface area contributed by atoms with Crippen LogP contribution in [0.15, 0.2) is 24.3 Å². The van der Waals surface area contributed by atoms with Crippen LogP contribution in [0.2, 0.25) is 0 Å². The number of nitrogens with two attached hydrogens (primary N) is 1. The van der Waals surface area contributed by atoms with Crippen LogP contribution >= 0.6 is 12.4 Å². The van der Waals surface area contributed by atoms with Gasteiger partial charge in [-0.1, -0.05) is 12.1 Å². The van der Waals surface area contributed by atoms with Gasteiger partial charge in [0.2, 0.25) is 0 Å². The second kappa shape index (κ2) is 9.25. The zero-order valence-electron chi connectivity index (χ0n) is 13.9. The van der Waals surface area contributed by atoms with Crippen LogP contribution in [-0.4, -0.2) is 37.3 Å². The van der Waals surface area contributed by atoms with E-state index < -0.39 is 0 Å². The van der Waals surface area contributed by atoms with E-state index in [1.54, 1.807) is 0 Å². The van der Waals surface area contributed by atoms with Gasteiger partial charge >= 0.3 is 0 Å². The summed E-state index contributed by atoms with van der Waals surface area (Å²) < 4.78 is 11.4. The van der Waals surface area contributed by atoms with Crippen LogP contribution in [0.3, 0.4) is 0 Å². The number of hydrogen-bond acceptors (Lipinski definition) is 4. The van der Waals surface area contributed by atoms with Crippen LogP contribution in [0.5, 0.6) is 5.75 Å². The zero-order chi connectivity index (χ0) is 16.1. The van der Waals surface area contributed by atoms with Gasteiger partial charge in [0.25, 0.3) is 5.91 Å². The maximum atomic E-state index is 12.6. The number of carbonyl (C=O) groups excluding carboxylic acids is 1. The van der Waals surface area contributed by atoms with E-state index in [0.29, 0.717) is 17.9 Å². The highest BCUT2D eigenvalue weighted by Gasteiger charge is 2.22. The lowest BCUT2D eigenvalue weighted by Gasteiger charge is -2.27. The molecule has 1 aliphatic heterocycles. The third-order valence-electron chi connectivity index (χ3n) is 4.69. The predicted octanol–water partition coefficient (Wildman–Crippen LogP) is 2.67. The van der Waals surface area contributed by atoms with Crippen LogP contribution in [0.4, 0.5) is 0 Å². The Bertz CT molecular complexity index is 527. The van der Waals surface area contributed by atoms with Crippen molar-refractivity contribution in [2.45, 2.75) is 56.7 Å². The van der Waals surface area contributed by atoms with Gasteiger partial charge < -0.3 is 20.5 Å². The van der Waals surface area contributed by atoms with Crippen molar-refractivity contribution in [1.82, 2.24) is 5.32 Å². The number of amides is 1. The van der Waals surface area contributed by atoms with Crippen molar-refractivity contribution >= 4 is 18.3 Å². The average molecular weight is 355 g/mol. The van der Waals surface area contributed by atoms with Crippen LogP contribution in [-0.2, 0) is 4.74 Å². The Morgan fingerprint density at radius 1 is 1.21 bits per heavy atom. The molecule has 2 aliphatic rings. The minimum atomic E-state index is -0.0617. The first-order valence-corrected chi connectivity index (χ1v) is 8.62. The van der Waals surface area contributed by atoms with E-state index in [1.165, 1.54) is 0 Å². The van der Waals surface area contributed by atoms with Crippen molar-refractivity contribution in [2.75, 3.05) is 13.2 Å². The van der Waals surface area contributed by atoms with Gasteiger partial charge in [0, 0.05) is 18.7 Å². The Morgan fingerprint density at radius 2 is 1.96 bits per heavy atom. The lowest BCUT2D eigenvalue weighted by atomic mass is 9.91. The summed E-state index contributed by atoms with van der Waals surface area (Å²) in [4.78, 5) is 12.6. The first-order chi connectivity index (χ1) is 11.2. The third kappa shape index (κ3) is 5.10. The van der Waals surface area contributed by atoms with Crippen molar-refractivity contribution in [2.24, 2.45) is 5.73 Å². The Hall–Kier alpha value is -1.30. The molecule has 1 amide bonds. The molecule has 1 aromatic carbocycles. The van der Waals surface area contributed by atoms with Crippen LogP contribution in [0.25, 0.3) is 0 Å². The van der Waals surface area contributed by atoms with E-state index in [-0.39, 0.29) is 36.5 Å². The molecule has 3 N–H and O–H groups in total. The highest BCUT2D eigenvalue weighted by atomic mass is 35.5. The quantitative estimate of drug-likeness (QED) is 0.852.